The van der Waals surface area contributed by atoms with E-state index in [2.05, 4.69) is 57.4 Å². The van der Waals surface area contributed by atoms with Gasteiger partial charge < -0.3 is 24.8 Å². The van der Waals surface area contributed by atoms with E-state index in [4.69, 9.17) is 14.2 Å². The van der Waals surface area contributed by atoms with E-state index in [-0.39, 0.29) is 41.7 Å². The highest BCUT2D eigenvalue weighted by Crippen LogP contribution is 2.37. The molecule has 0 aromatic heterocycles. The summed E-state index contributed by atoms with van der Waals surface area (Å²) < 4.78 is 15.9. The topological polar surface area (TPSA) is 85.9 Å². The molecule has 0 bridgehead atoms. The first kappa shape index (κ1) is 31.1. The van der Waals surface area contributed by atoms with E-state index in [9.17, 15) is 9.59 Å². The summed E-state index contributed by atoms with van der Waals surface area (Å²) in [6.45, 7) is 12.0. The minimum atomic E-state index is -0.349. The van der Waals surface area contributed by atoms with Crippen LogP contribution in [-0.2, 0) is 14.9 Å². The zero-order valence-electron chi connectivity index (χ0n) is 25.1. The molecule has 3 rings (SSSR count). The third kappa shape index (κ3) is 10.9. The van der Waals surface area contributed by atoms with E-state index in [1.54, 1.807) is 0 Å². The fraction of sp³-hybridized carbons (Fsp3) is 0.750. The van der Waals surface area contributed by atoms with Crippen molar-refractivity contribution in [2.24, 2.45) is 17.3 Å². The van der Waals surface area contributed by atoms with Crippen molar-refractivity contribution in [1.82, 2.24) is 10.6 Å². The van der Waals surface area contributed by atoms with Crippen LogP contribution < -0.4 is 15.4 Å². The number of alkyl carbamates (subject to hydrolysis) is 2. The van der Waals surface area contributed by atoms with E-state index in [1.165, 1.54) is 31.9 Å². The molecule has 220 valence electrons. The molecule has 0 unspecified atom stereocenters. The fourth-order valence-corrected chi connectivity index (χ4v) is 6.71. The second-order valence-electron chi connectivity index (χ2n) is 13.6. The standard InChI is InChI=1S/C32H52N2O5/c1-31(2,3)22-32(4,5)25-11-17-28(18-12-25)38-19-20-39-30(36)34-27-15-9-24(10-16-27)21-23-7-13-26(14-8-23)33-29(35)37-6/h11-12,17-18,23-24,26-27H,7-10,13-16,19-22H2,1-6H3,(H,33,35)(H,34,36). The van der Waals surface area contributed by atoms with Crippen molar-refractivity contribution in [3.05, 3.63) is 29.8 Å². The van der Waals surface area contributed by atoms with Gasteiger partial charge in [0, 0.05) is 12.1 Å². The Bertz CT molecular complexity index is 892. The molecule has 7 heteroatoms. The first-order chi connectivity index (χ1) is 18.4. The number of hydrogen-bond acceptors (Lipinski definition) is 5. The molecule has 7 nitrogen and oxygen atoms in total. The molecule has 2 aliphatic carbocycles. The average Bonchev–Trinajstić information content (AvgIpc) is 2.88. The van der Waals surface area contributed by atoms with Crippen LogP contribution in [0.25, 0.3) is 0 Å². The van der Waals surface area contributed by atoms with E-state index < -0.39 is 0 Å². The predicted octanol–water partition coefficient (Wildman–Crippen LogP) is 7.37. The summed E-state index contributed by atoms with van der Waals surface area (Å²) in [5, 5.41) is 5.98. The van der Waals surface area contributed by atoms with Crippen LogP contribution in [0.1, 0.15) is 104 Å². The van der Waals surface area contributed by atoms with Crippen LogP contribution in [0, 0.1) is 17.3 Å². The largest absolute Gasteiger partial charge is 0.490 e. The summed E-state index contributed by atoms with van der Waals surface area (Å²) in [7, 11) is 1.41. The third-order valence-electron chi connectivity index (χ3n) is 8.38. The molecule has 0 atom stereocenters. The molecule has 2 fully saturated rings. The lowest BCUT2D eigenvalue weighted by atomic mass is 9.72. The molecule has 2 N–H and O–H groups in total. The molecule has 1 aromatic carbocycles. The molecule has 39 heavy (non-hydrogen) atoms. The summed E-state index contributed by atoms with van der Waals surface area (Å²) in [6, 6.07) is 8.73. The Balaban J connectivity index is 1.26. The van der Waals surface area contributed by atoms with Gasteiger partial charge in [-0.2, -0.15) is 0 Å². The number of hydrogen-bond donors (Lipinski definition) is 2. The second-order valence-corrected chi connectivity index (χ2v) is 13.6. The Hall–Kier alpha value is -2.44. The number of methoxy groups -OCH3 is 1. The normalized spacial score (nSPS) is 23.9. The Morgan fingerprint density at radius 1 is 0.769 bits per heavy atom. The molecule has 0 aliphatic heterocycles. The maximum atomic E-state index is 12.3. The van der Waals surface area contributed by atoms with Crippen LogP contribution in [0.3, 0.4) is 0 Å². The van der Waals surface area contributed by atoms with E-state index in [0.29, 0.717) is 6.61 Å². The van der Waals surface area contributed by atoms with Crippen molar-refractivity contribution in [3.8, 4) is 5.75 Å². The molecule has 0 saturated heterocycles. The Kier molecular flexibility index (Phi) is 11.4. The maximum absolute atomic E-state index is 12.3. The molecule has 2 amide bonds. The zero-order chi connectivity index (χ0) is 28.5. The van der Waals surface area contributed by atoms with Crippen molar-refractivity contribution in [2.75, 3.05) is 20.3 Å². The maximum Gasteiger partial charge on any atom is 0.407 e. The summed E-state index contributed by atoms with van der Waals surface area (Å²) >= 11 is 0. The van der Waals surface area contributed by atoms with Crippen LogP contribution in [0.4, 0.5) is 9.59 Å². The predicted molar refractivity (Wildman–Crippen MR) is 155 cm³/mol. The first-order valence-electron chi connectivity index (χ1n) is 14.9. The monoisotopic (exact) mass is 544 g/mol. The number of carbonyl (C=O) groups is 2. The van der Waals surface area contributed by atoms with Gasteiger partial charge in [0.15, 0.2) is 0 Å². The van der Waals surface area contributed by atoms with Crippen molar-refractivity contribution in [1.29, 1.82) is 0 Å². The van der Waals surface area contributed by atoms with Gasteiger partial charge in [0.25, 0.3) is 0 Å². The van der Waals surface area contributed by atoms with Gasteiger partial charge in [0.1, 0.15) is 19.0 Å². The van der Waals surface area contributed by atoms with Crippen molar-refractivity contribution >= 4 is 12.2 Å². The Labute approximate surface area is 236 Å². The Morgan fingerprint density at radius 2 is 1.28 bits per heavy atom. The minimum absolute atomic E-state index is 0.0983. The number of amides is 2. The first-order valence-corrected chi connectivity index (χ1v) is 14.9. The van der Waals surface area contributed by atoms with Crippen molar-refractivity contribution in [3.63, 3.8) is 0 Å². The lowest BCUT2D eigenvalue weighted by molar-refractivity contribution is 0.117. The molecule has 2 aliphatic rings. The third-order valence-corrected chi connectivity index (χ3v) is 8.38. The summed E-state index contributed by atoms with van der Waals surface area (Å²) in [6.07, 6.45) is 10.4. The number of ether oxygens (including phenoxy) is 3. The van der Waals surface area contributed by atoms with Gasteiger partial charge in [-0.05, 0) is 105 Å². The van der Waals surface area contributed by atoms with Gasteiger partial charge in [-0.1, -0.05) is 46.8 Å². The van der Waals surface area contributed by atoms with E-state index in [0.717, 1.165) is 62.5 Å². The molecular weight excluding hydrogens is 492 g/mol. The highest BCUT2D eigenvalue weighted by molar-refractivity contribution is 5.67. The van der Waals surface area contributed by atoms with E-state index >= 15 is 0 Å². The molecule has 0 spiro atoms. The van der Waals surface area contributed by atoms with Crippen LogP contribution in [0.5, 0.6) is 5.75 Å². The number of benzene rings is 1. The van der Waals surface area contributed by atoms with Crippen LogP contribution in [0.2, 0.25) is 0 Å². The highest BCUT2D eigenvalue weighted by Gasteiger charge is 2.29. The summed E-state index contributed by atoms with van der Waals surface area (Å²) in [4.78, 5) is 23.7. The lowest BCUT2D eigenvalue weighted by Crippen LogP contribution is -2.39. The minimum Gasteiger partial charge on any atom is -0.490 e. The van der Waals surface area contributed by atoms with Gasteiger partial charge in [0.05, 0.1) is 7.11 Å². The van der Waals surface area contributed by atoms with E-state index in [1.807, 2.05) is 12.1 Å². The SMILES string of the molecule is COC(=O)NC1CCC(CC2CCC(NC(=O)OCCOc3ccc(C(C)(C)CC(C)(C)C)cc3)CC2)CC1. The molecule has 1 aromatic rings. The number of nitrogens with one attached hydrogen (secondary N) is 2. The highest BCUT2D eigenvalue weighted by atomic mass is 16.6. The van der Waals surface area contributed by atoms with Crippen molar-refractivity contribution in [2.45, 2.75) is 116 Å². The number of rotatable bonds is 10. The summed E-state index contributed by atoms with van der Waals surface area (Å²) in [5.41, 5.74) is 1.67. The van der Waals surface area contributed by atoms with Crippen molar-refractivity contribution < 1.29 is 23.8 Å². The smallest absolute Gasteiger partial charge is 0.407 e. The van der Waals surface area contributed by atoms with Gasteiger partial charge in [-0.3, -0.25) is 0 Å². The second kappa shape index (κ2) is 14.3. The van der Waals surface area contributed by atoms with Crippen LogP contribution in [0.15, 0.2) is 24.3 Å². The van der Waals surface area contributed by atoms with Gasteiger partial charge in [-0.15, -0.1) is 0 Å². The quantitative estimate of drug-likeness (QED) is 0.300. The molecule has 0 heterocycles. The molecule has 2 saturated carbocycles. The Morgan fingerprint density at radius 3 is 1.77 bits per heavy atom. The van der Waals surface area contributed by atoms with Gasteiger partial charge >= 0.3 is 12.2 Å². The van der Waals surface area contributed by atoms with Gasteiger partial charge in [-0.25, -0.2) is 9.59 Å². The fourth-order valence-electron chi connectivity index (χ4n) is 6.71. The molecular formula is C32H52N2O5. The molecule has 0 radical (unpaired) electrons. The lowest BCUT2D eigenvalue weighted by Gasteiger charge is -2.34. The summed E-state index contributed by atoms with van der Waals surface area (Å²) in [5.74, 6) is 2.26. The zero-order valence-corrected chi connectivity index (χ0v) is 25.1. The van der Waals surface area contributed by atoms with Gasteiger partial charge in [0.2, 0.25) is 0 Å². The number of carbonyl (C=O) groups excluding carboxylic acids is 2. The van der Waals surface area contributed by atoms with Crippen LogP contribution >= 0.6 is 0 Å². The average molecular weight is 545 g/mol. The van der Waals surface area contributed by atoms with Crippen LogP contribution in [-0.4, -0.2) is 44.6 Å².